The number of imide groups is 4. The number of rotatable bonds is 7. The van der Waals surface area contributed by atoms with E-state index in [0.29, 0.717) is 5.06 Å². The Morgan fingerprint density at radius 3 is 1.33 bits per heavy atom. The number of hydroxylamine groups is 4. The molecule has 0 spiro atoms. The number of carbonyl (C=O) groups excluding carboxylic acids is 9. The fourth-order valence-corrected chi connectivity index (χ4v) is 3.08. The second-order valence-corrected chi connectivity index (χ2v) is 7.86. The predicted octanol–water partition coefficient (Wildman–Crippen LogP) is -2.18. The first kappa shape index (κ1) is 30.2. The van der Waals surface area contributed by atoms with Gasteiger partial charge in [0, 0.05) is 63.1 Å². The van der Waals surface area contributed by atoms with Gasteiger partial charge in [0.1, 0.15) is 0 Å². The SMILES string of the molecule is O=C(CCN1C(=O)C=CC1=O)ON1C(=O)CCC1=O.O=C(O)CCN1C(=O)C=CC1=O.O=C1CCC(=O)N1O. The van der Waals surface area contributed by atoms with Crippen molar-refractivity contribution < 1.29 is 63.1 Å². The molecule has 0 atom stereocenters. The minimum atomic E-state index is -1.03. The van der Waals surface area contributed by atoms with E-state index in [4.69, 9.17) is 10.3 Å². The molecule has 4 rings (SSSR count). The fourth-order valence-electron chi connectivity index (χ4n) is 3.08. The van der Waals surface area contributed by atoms with Crippen LogP contribution in [0.3, 0.4) is 0 Å². The van der Waals surface area contributed by atoms with Crippen LogP contribution in [-0.2, 0) is 52.8 Å². The van der Waals surface area contributed by atoms with Crippen molar-refractivity contribution >= 4 is 59.2 Å². The summed E-state index contributed by atoms with van der Waals surface area (Å²) in [5, 5.41) is 17.3. The van der Waals surface area contributed by atoms with Crippen LogP contribution in [0.15, 0.2) is 24.3 Å². The summed E-state index contributed by atoms with van der Waals surface area (Å²) in [5.74, 6) is -5.94. The summed E-state index contributed by atoms with van der Waals surface area (Å²) in [6, 6.07) is 0. The highest BCUT2D eigenvalue weighted by Crippen LogP contribution is 2.13. The van der Waals surface area contributed by atoms with E-state index >= 15 is 0 Å². The van der Waals surface area contributed by atoms with Crippen LogP contribution in [0.5, 0.6) is 0 Å². The molecule has 17 nitrogen and oxygen atoms in total. The zero-order valence-corrected chi connectivity index (χ0v) is 20.1. The fraction of sp³-hybridized carbons (Fsp3) is 0.364. The number of amides is 8. The van der Waals surface area contributed by atoms with Gasteiger partial charge in [0.15, 0.2) is 0 Å². The van der Waals surface area contributed by atoms with Crippen molar-refractivity contribution in [2.75, 3.05) is 13.1 Å². The van der Waals surface area contributed by atoms with Crippen LogP contribution in [0.25, 0.3) is 0 Å². The smallest absolute Gasteiger partial charge is 0.335 e. The summed E-state index contributed by atoms with van der Waals surface area (Å²) < 4.78 is 0. The molecule has 2 N–H and O–H groups in total. The molecule has 2 saturated heterocycles. The Kier molecular flexibility index (Phi) is 10.4. The number of nitrogens with zero attached hydrogens (tertiary/aromatic N) is 4. The van der Waals surface area contributed by atoms with Crippen molar-refractivity contribution in [2.45, 2.75) is 38.5 Å². The molecule has 0 aliphatic carbocycles. The Labute approximate surface area is 218 Å². The lowest BCUT2D eigenvalue weighted by Crippen LogP contribution is -2.35. The minimum Gasteiger partial charge on any atom is -0.481 e. The van der Waals surface area contributed by atoms with Gasteiger partial charge in [-0.25, -0.2) is 4.79 Å². The normalized spacial score (nSPS) is 18.2. The monoisotopic (exact) mass is 550 g/mol. The molecule has 4 aliphatic heterocycles. The van der Waals surface area contributed by atoms with E-state index in [9.17, 15) is 47.9 Å². The molecule has 0 unspecified atom stereocenters. The van der Waals surface area contributed by atoms with Crippen molar-refractivity contribution in [3.05, 3.63) is 24.3 Å². The number of aliphatic carboxylic acids is 1. The minimum absolute atomic E-state index is 0.0130. The molecule has 0 aromatic rings. The zero-order valence-electron chi connectivity index (χ0n) is 20.1. The van der Waals surface area contributed by atoms with E-state index in [-0.39, 0.29) is 56.7 Å². The largest absolute Gasteiger partial charge is 0.481 e. The Morgan fingerprint density at radius 1 is 0.641 bits per heavy atom. The standard InChI is InChI=1S/C11H10N2O6.C7H7NO4.C4H5NO3/c14-7-1-2-8(15)12(7)6-5-11(18)19-13-9(16)3-4-10(13)17;9-5-1-2-6(10)8(5)4-3-7(11)12;6-3-1-2-4(7)5(3)8/h1-2H,3-6H2;1-2H,3-4H2,(H,11,12);8H,1-2H2. The topological polar surface area (TPSA) is 233 Å². The third-order valence-electron chi connectivity index (χ3n) is 5.11. The quantitative estimate of drug-likeness (QED) is 0.254. The molecule has 17 heteroatoms. The number of hydrogen-bond donors (Lipinski definition) is 2. The summed E-state index contributed by atoms with van der Waals surface area (Å²) in [4.78, 5) is 115. The zero-order chi connectivity index (χ0) is 29.3. The summed E-state index contributed by atoms with van der Waals surface area (Å²) in [6.45, 7) is -0.209. The van der Waals surface area contributed by atoms with Crippen LogP contribution in [0.1, 0.15) is 38.5 Å². The molecule has 8 amide bonds. The highest BCUT2D eigenvalue weighted by molar-refractivity contribution is 6.13. The van der Waals surface area contributed by atoms with Gasteiger partial charge in [-0.1, -0.05) is 0 Å². The first-order chi connectivity index (χ1) is 18.3. The van der Waals surface area contributed by atoms with E-state index in [1.54, 1.807) is 0 Å². The number of carbonyl (C=O) groups is 10. The maximum Gasteiger partial charge on any atom is 0.335 e. The van der Waals surface area contributed by atoms with Gasteiger partial charge in [0.25, 0.3) is 47.3 Å². The Balaban J connectivity index is 0.000000227. The van der Waals surface area contributed by atoms with Gasteiger partial charge >= 0.3 is 11.9 Å². The molecule has 4 heterocycles. The van der Waals surface area contributed by atoms with Gasteiger partial charge in [0.2, 0.25) is 0 Å². The van der Waals surface area contributed by atoms with E-state index in [2.05, 4.69) is 4.84 Å². The molecular weight excluding hydrogens is 528 g/mol. The molecule has 2 fully saturated rings. The van der Waals surface area contributed by atoms with Gasteiger partial charge in [-0.2, -0.15) is 5.06 Å². The average Bonchev–Trinajstić information content (AvgIpc) is 3.58. The second-order valence-electron chi connectivity index (χ2n) is 7.86. The number of carboxylic acid groups (broad SMARTS) is 1. The van der Waals surface area contributed by atoms with Gasteiger partial charge in [0.05, 0.1) is 12.8 Å². The number of carboxylic acids is 1. The van der Waals surface area contributed by atoms with Crippen LogP contribution in [0, 0.1) is 0 Å². The molecule has 4 aliphatic rings. The van der Waals surface area contributed by atoms with Crippen molar-refractivity contribution in [3.63, 3.8) is 0 Å². The maximum absolute atomic E-state index is 11.4. The molecule has 0 saturated carbocycles. The first-order valence-corrected chi connectivity index (χ1v) is 11.2. The Bertz CT molecular complexity index is 1120. The summed E-state index contributed by atoms with van der Waals surface area (Å²) in [5.41, 5.74) is 0. The lowest BCUT2D eigenvalue weighted by atomic mass is 10.4. The van der Waals surface area contributed by atoms with Crippen molar-refractivity contribution in [1.82, 2.24) is 19.9 Å². The van der Waals surface area contributed by atoms with E-state index in [1.165, 1.54) is 0 Å². The Hall–Kier alpha value is -5.06. The lowest BCUT2D eigenvalue weighted by Gasteiger charge is -2.15. The molecule has 39 heavy (non-hydrogen) atoms. The molecule has 208 valence electrons. The predicted molar refractivity (Wildman–Crippen MR) is 119 cm³/mol. The molecule has 0 aromatic heterocycles. The van der Waals surface area contributed by atoms with Crippen molar-refractivity contribution in [1.29, 1.82) is 0 Å². The maximum atomic E-state index is 11.4. The Morgan fingerprint density at radius 2 is 1.00 bits per heavy atom. The van der Waals surface area contributed by atoms with Gasteiger partial charge < -0.3 is 9.94 Å². The molecule has 0 aromatic carbocycles. The third kappa shape index (κ3) is 8.49. The van der Waals surface area contributed by atoms with E-state index in [0.717, 1.165) is 34.1 Å². The summed E-state index contributed by atoms with van der Waals surface area (Å²) >= 11 is 0. The van der Waals surface area contributed by atoms with E-state index in [1.807, 2.05) is 0 Å². The van der Waals surface area contributed by atoms with E-state index < -0.39 is 59.2 Å². The second kappa shape index (κ2) is 13.5. The highest BCUT2D eigenvalue weighted by atomic mass is 16.7. The first-order valence-electron chi connectivity index (χ1n) is 11.2. The summed E-state index contributed by atoms with van der Waals surface area (Å²) in [6.07, 6.45) is 4.29. The van der Waals surface area contributed by atoms with Crippen molar-refractivity contribution in [3.8, 4) is 0 Å². The number of hydrogen-bond acceptors (Lipinski definition) is 12. The molecule has 0 bridgehead atoms. The molecular formula is C22H22N4O13. The summed E-state index contributed by atoms with van der Waals surface area (Å²) in [7, 11) is 0. The van der Waals surface area contributed by atoms with Crippen LogP contribution in [0.2, 0.25) is 0 Å². The van der Waals surface area contributed by atoms with Crippen molar-refractivity contribution in [2.24, 2.45) is 0 Å². The highest BCUT2D eigenvalue weighted by Gasteiger charge is 2.33. The van der Waals surface area contributed by atoms with Gasteiger partial charge in [-0.3, -0.25) is 58.2 Å². The van der Waals surface area contributed by atoms with Gasteiger partial charge in [-0.15, -0.1) is 5.06 Å². The average molecular weight is 550 g/mol. The van der Waals surface area contributed by atoms with Crippen LogP contribution < -0.4 is 0 Å². The van der Waals surface area contributed by atoms with Crippen LogP contribution in [-0.4, -0.2) is 103 Å². The molecule has 0 radical (unpaired) electrons. The van der Waals surface area contributed by atoms with Crippen LogP contribution >= 0.6 is 0 Å². The lowest BCUT2D eigenvalue weighted by molar-refractivity contribution is -0.197. The van der Waals surface area contributed by atoms with Gasteiger partial charge in [-0.05, 0) is 0 Å². The third-order valence-corrected chi connectivity index (χ3v) is 5.11. The van der Waals surface area contributed by atoms with Crippen LogP contribution in [0.4, 0.5) is 0 Å².